The first-order valence-corrected chi connectivity index (χ1v) is 8.11. The summed E-state index contributed by atoms with van der Waals surface area (Å²) in [6.45, 7) is 3.18. The fourth-order valence-electron chi connectivity index (χ4n) is 3.02. The fraction of sp³-hybridized carbons (Fsp3) is 0.625. The van der Waals surface area contributed by atoms with Gasteiger partial charge in [0.1, 0.15) is 0 Å². The van der Waals surface area contributed by atoms with Gasteiger partial charge in [0.2, 0.25) is 0 Å². The first-order chi connectivity index (χ1) is 9.56. The molecule has 1 aliphatic rings. The minimum atomic E-state index is 0.0392. The molecule has 0 spiro atoms. The molecule has 1 unspecified atom stereocenters. The molecule has 0 aliphatic heterocycles. The zero-order valence-corrected chi connectivity index (χ0v) is 13.5. The molecule has 1 atom stereocenters. The molecule has 0 aromatic heterocycles. The Labute approximate surface area is 131 Å². The zero-order valence-electron chi connectivity index (χ0n) is 12.0. The highest BCUT2D eigenvalue weighted by Crippen LogP contribution is 2.36. The summed E-state index contributed by atoms with van der Waals surface area (Å²) in [4.78, 5) is 0. The van der Waals surface area contributed by atoms with Crippen LogP contribution in [0.1, 0.15) is 50.6 Å². The molecule has 1 aromatic carbocycles. The monoisotopic (exact) mass is 315 g/mol. The summed E-state index contributed by atoms with van der Waals surface area (Å²) >= 11 is 12.3. The minimum absolute atomic E-state index is 0.0392. The van der Waals surface area contributed by atoms with Crippen LogP contribution in [0, 0.1) is 5.41 Å². The maximum absolute atomic E-state index is 9.74. The van der Waals surface area contributed by atoms with Crippen molar-refractivity contribution in [2.24, 2.45) is 5.41 Å². The van der Waals surface area contributed by atoms with Crippen molar-refractivity contribution < 1.29 is 5.11 Å². The van der Waals surface area contributed by atoms with E-state index in [-0.39, 0.29) is 18.1 Å². The topological polar surface area (TPSA) is 32.3 Å². The van der Waals surface area contributed by atoms with Crippen molar-refractivity contribution in [3.05, 3.63) is 33.8 Å². The van der Waals surface area contributed by atoms with Gasteiger partial charge in [-0.25, -0.2) is 0 Å². The van der Waals surface area contributed by atoms with Crippen molar-refractivity contribution in [1.29, 1.82) is 0 Å². The molecule has 4 heteroatoms. The lowest BCUT2D eigenvalue weighted by Crippen LogP contribution is -2.40. The van der Waals surface area contributed by atoms with Crippen LogP contribution in [0.2, 0.25) is 10.0 Å². The summed E-state index contributed by atoms with van der Waals surface area (Å²) in [5.74, 6) is 0. The van der Waals surface area contributed by atoms with Gasteiger partial charge >= 0.3 is 0 Å². The summed E-state index contributed by atoms with van der Waals surface area (Å²) in [6.07, 6.45) is 5.93. The third-order valence-corrected chi connectivity index (χ3v) is 5.04. The summed E-state index contributed by atoms with van der Waals surface area (Å²) < 4.78 is 0. The van der Waals surface area contributed by atoms with E-state index in [0.29, 0.717) is 5.02 Å². The molecule has 0 bridgehead atoms. The highest BCUT2D eigenvalue weighted by molar-refractivity contribution is 6.33. The van der Waals surface area contributed by atoms with Gasteiger partial charge in [0.15, 0.2) is 0 Å². The largest absolute Gasteiger partial charge is 0.396 e. The second kappa shape index (κ2) is 7.13. The van der Waals surface area contributed by atoms with Gasteiger partial charge in [-0.1, -0.05) is 42.5 Å². The van der Waals surface area contributed by atoms with Crippen LogP contribution in [-0.4, -0.2) is 18.3 Å². The van der Waals surface area contributed by atoms with Gasteiger partial charge in [-0.15, -0.1) is 0 Å². The van der Waals surface area contributed by atoms with Crippen LogP contribution in [0.5, 0.6) is 0 Å². The highest BCUT2D eigenvalue weighted by Gasteiger charge is 2.31. The normalized spacial score (nSPS) is 19.8. The van der Waals surface area contributed by atoms with E-state index >= 15 is 0 Å². The number of benzene rings is 1. The molecule has 1 fully saturated rings. The van der Waals surface area contributed by atoms with E-state index in [1.165, 1.54) is 19.3 Å². The molecule has 1 saturated carbocycles. The third kappa shape index (κ3) is 3.88. The summed E-state index contributed by atoms with van der Waals surface area (Å²) in [7, 11) is 0. The van der Waals surface area contributed by atoms with Gasteiger partial charge in [0, 0.05) is 34.7 Å². The number of aliphatic hydroxyl groups excluding tert-OH is 1. The number of hydrogen-bond acceptors (Lipinski definition) is 2. The molecule has 1 aromatic rings. The Morgan fingerprint density at radius 3 is 2.60 bits per heavy atom. The van der Waals surface area contributed by atoms with Crippen LogP contribution in [0.15, 0.2) is 18.2 Å². The SMILES string of the molecule is CC(NCC1(CO)CCCCC1)c1cc(Cl)ccc1Cl. The standard InChI is InChI=1S/C16H23Cl2NO/c1-12(14-9-13(17)5-6-15(14)18)19-10-16(11-20)7-3-2-4-8-16/h5-6,9,12,19-20H,2-4,7-8,10-11H2,1H3. The smallest absolute Gasteiger partial charge is 0.0499 e. The molecule has 20 heavy (non-hydrogen) atoms. The van der Waals surface area contributed by atoms with Crippen molar-refractivity contribution >= 4 is 23.2 Å². The second-order valence-electron chi connectivity index (χ2n) is 5.99. The van der Waals surface area contributed by atoms with Crippen molar-refractivity contribution in [3.8, 4) is 0 Å². The summed E-state index contributed by atoms with van der Waals surface area (Å²) in [5.41, 5.74) is 1.06. The predicted molar refractivity (Wildman–Crippen MR) is 85.5 cm³/mol. The van der Waals surface area contributed by atoms with Gasteiger partial charge in [0.25, 0.3) is 0 Å². The molecule has 0 amide bonds. The zero-order chi connectivity index (χ0) is 14.6. The van der Waals surface area contributed by atoms with E-state index in [9.17, 15) is 5.11 Å². The van der Waals surface area contributed by atoms with Crippen molar-refractivity contribution in [2.75, 3.05) is 13.2 Å². The Morgan fingerprint density at radius 1 is 1.25 bits per heavy atom. The van der Waals surface area contributed by atoms with Gasteiger partial charge in [-0.05, 0) is 43.5 Å². The lowest BCUT2D eigenvalue weighted by atomic mass is 9.74. The Bertz CT molecular complexity index is 444. The van der Waals surface area contributed by atoms with Gasteiger partial charge in [-0.2, -0.15) is 0 Å². The Balaban J connectivity index is 2.00. The van der Waals surface area contributed by atoms with Crippen molar-refractivity contribution in [2.45, 2.75) is 45.1 Å². The summed E-state index contributed by atoms with van der Waals surface area (Å²) in [5, 5.41) is 14.7. The van der Waals surface area contributed by atoms with Crippen LogP contribution >= 0.6 is 23.2 Å². The molecule has 0 heterocycles. The van der Waals surface area contributed by atoms with Crippen LogP contribution in [-0.2, 0) is 0 Å². The molecule has 2 nitrogen and oxygen atoms in total. The highest BCUT2D eigenvalue weighted by atomic mass is 35.5. The van der Waals surface area contributed by atoms with E-state index in [1.54, 1.807) is 6.07 Å². The number of halogens is 2. The van der Waals surface area contributed by atoms with Gasteiger partial charge < -0.3 is 10.4 Å². The Hall–Kier alpha value is -0.280. The van der Waals surface area contributed by atoms with E-state index < -0.39 is 0 Å². The molecule has 0 saturated heterocycles. The van der Waals surface area contributed by atoms with E-state index in [4.69, 9.17) is 23.2 Å². The number of rotatable bonds is 5. The molecule has 0 radical (unpaired) electrons. The maximum Gasteiger partial charge on any atom is 0.0499 e. The molecular weight excluding hydrogens is 293 g/mol. The van der Waals surface area contributed by atoms with Crippen LogP contribution in [0.3, 0.4) is 0 Å². The van der Waals surface area contributed by atoms with Crippen LogP contribution in [0.4, 0.5) is 0 Å². The van der Waals surface area contributed by atoms with E-state index in [2.05, 4.69) is 12.2 Å². The van der Waals surface area contributed by atoms with Gasteiger partial charge in [0.05, 0.1) is 0 Å². The molecule has 2 N–H and O–H groups in total. The molecule has 1 aliphatic carbocycles. The Morgan fingerprint density at radius 2 is 1.95 bits per heavy atom. The lowest BCUT2D eigenvalue weighted by molar-refractivity contribution is 0.0789. The summed E-state index contributed by atoms with van der Waals surface area (Å²) in [6, 6.07) is 5.68. The molecular formula is C16H23Cl2NO. The Kier molecular flexibility index (Phi) is 5.74. The van der Waals surface area contributed by atoms with Crippen LogP contribution in [0.25, 0.3) is 0 Å². The average Bonchev–Trinajstić information content (AvgIpc) is 2.48. The fourth-order valence-corrected chi connectivity index (χ4v) is 3.48. The first-order valence-electron chi connectivity index (χ1n) is 7.35. The van der Waals surface area contributed by atoms with Crippen molar-refractivity contribution in [1.82, 2.24) is 5.32 Å². The average molecular weight is 316 g/mol. The maximum atomic E-state index is 9.74. The molecule has 2 rings (SSSR count). The molecule has 112 valence electrons. The first kappa shape index (κ1) is 16.1. The van der Waals surface area contributed by atoms with Crippen LogP contribution < -0.4 is 5.32 Å². The van der Waals surface area contributed by atoms with E-state index in [0.717, 1.165) is 30.0 Å². The van der Waals surface area contributed by atoms with Gasteiger partial charge in [-0.3, -0.25) is 0 Å². The second-order valence-corrected chi connectivity index (χ2v) is 6.83. The van der Waals surface area contributed by atoms with E-state index in [1.807, 2.05) is 12.1 Å². The quantitative estimate of drug-likeness (QED) is 0.833. The number of aliphatic hydroxyl groups is 1. The lowest BCUT2D eigenvalue weighted by Gasteiger charge is -2.37. The predicted octanol–water partition coefficient (Wildman–Crippen LogP) is 4.59. The number of hydrogen-bond donors (Lipinski definition) is 2. The third-order valence-electron chi connectivity index (χ3n) is 4.46. The van der Waals surface area contributed by atoms with Crippen molar-refractivity contribution in [3.63, 3.8) is 0 Å². The minimum Gasteiger partial charge on any atom is -0.396 e. The number of nitrogens with one attached hydrogen (secondary N) is 1.